The number of furan rings is 1. The van der Waals surface area contributed by atoms with Crippen molar-refractivity contribution in [2.75, 3.05) is 7.11 Å². The van der Waals surface area contributed by atoms with Crippen molar-refractivity contribution in [2.45, 2.75) is 20.0 Å². The van der Waals surface area contributed by atoms with Crippen molar-refractivity contribution in [1.82, 2.24) is 19.7 Å². The maximum Gasteiger partial charge on any atom is 0.352 e. The molecule has 1 N–H and O–H groups in total. The molecule has 9 heteroatoms. The largest absolute Gasteiger partial charge is 0.497 e. The van der Waals surface area contributed by atoms with E-state index in [2.05, 4.69) is 10.4 Å². The van der Waals surface area contributed by atoms with Gasteiger partial charge in [0, 0.05) is 0 Å². The summed E-state index contributed by atoms with van der Waals surface area (Å²) in [6, 6.07) is 17.4. The molecule has 33 heavy (non-hydrogen) atoms. The Kier molecular flexibility index (Phi) is 6.21. The van der Waals surface area contributed by atoms with Gasteiger partial charge < -0.3 is 14.5 Å². The zero-order chi connectivity index (χ0) is 23.4. The highest BCUT2D eigenvalue weighted by molar-refractivity contribution is 5.91. The van der Waals surface area contributed by atoms with E-state index in [1.807, 2.05) is 31.2 Å². The van der Waals surface area contributed by atoms with Crippen molar-refractivity contribution in [3.05, 3.63) is 110 Å². The Morgan fingerprint density at radius 2 is 1.79 bits per heavy atom. The quantitative estimate of drug-likeness (QED) is 0.467. The van der Waals surface area contributed by atoms with E-state index in [9.17, 15) is 14.4 Å². The summed E-state index contributed by atoms with van der Waals surface area (Å²) in [6.45, 7) is 2.02. The number of rotatable bonds is 7. The second-order valence-electron chi connectivity index (χ2n) is 7.38. The Hall–Kier alpha value is -4.40. The van der Waals surface area contributed by atoms with Gasteiger partial charge in [-0.25, -0.2) is 4.79 Å². The second-order valence-corrected chi connectivity index (χ2v) is 7.38. The molecule has 0 aliphatic rings. The third-order valence-corrected chi connectivity index (χ3v) is 5.06. The lowest BCUT2D eigenvalue weighted by Gasteiger charge is -2.12. The summed E-state index contributed by atoms with van der Waals surface area (Å²) < 4.78 is 12.4. The molecule has 2 aromatic heterocycles. The number of methoxy groups -OCH3 is 1. The van der Waals surface area contributed by atoms with Crippen LogP contribution in [0.4, 0.5) is 0 Å². The second kappa shape index (κ2) is 9.39. The van der Waals surface area contributed by atoms with Crippen molar-refractivity contribution in [2.24, 2.45) is 0 Å². The summed E-state index contributed by atoms with van der Waals surface area (Å²) in [7, 11) is 1.53. The van der Waals surface area contributed by atoms with Crippen LogP contribution in [0.1, 0.15) is 27.4 Å². The van der Waals surface area contributed by atoms with Gasteiger partial charge in [-0.05, 0) is 48.9 Å². The minimum Gasteiger partial charge on any atom is -0.497 e. The molecule has 1 amide bonds. The third-order valence-electron chi connectivity index (χ3n) is 5.06. The van der Waals surface area contributed by atoms with Gasteiger partial charge >= 0.3 is 5.69 Å². The summed E-state index contributed by atoms with van der Waals surface area (Å²) in [5, 5.41) is 6.71. The van der Waals surface area contributed by atoms with Crippen molar-refractivity contribution < 1.29 is 13.9 Å². The van der Waals surface area contributed by atoms with Crippen molar-refractivity contribution >= 4 is 5.91 Å². The van der Waals surface area contributed by atoms with Crippen LogP contribution in [0.15, 0.2) is 80.9 Å². The van der Waals surface area contributed by atoms with Crippen LogP contribution < -0.4 is 21.3 Å². The van der Waals surface area contributed by atoms with Crippen LogP contribution in [0.3, 0.4) is 0 Å². The molecule has 0 bridgehead atoms. The lowest BCUT2D eigenvalue weighted by atomic mass is 10.1. The normalized spacial score (nSPS) is 10.7. The average Bonchev–Trinajstić information content (AvgIpc) is 3.35. The van der Waals surface area contributed by atoms with Crippen LogP contribution in [0, 0.1) is 6.92 Å². The third kappa shape index (κ3) is 4.77. The molecule has 0 aliphatic carbocycles. The lowest BCUT2D eigenvalue weighted by molar-refractivity contribution is 0.0938. The number of amides is 1. The van der Waals surface area contributed by atoms with Gasteiger partial charge in [0.25, 0.3) is 11.5 Å². The minimum atomic E-state index is -0.776. The Bertz CT molecular complexity index is 1370. The molecule has 4 aromatic rings. The molecule has 0 radical (unpaired) electrons. The number of aromatic nitrogens is 3. The highest BCUT2D eigenvalue weighted by Gasteiger charge is 2.20. The van der Waals surface area contributed by atoms with Crippen molar-refractivity contribution in [1.29, 1.82) is 0 Å². The van der Waals surface area contributed by atoms with Crippen LogP contribution in [0.2, 0.25) is 0 Å². The summed E-state index contributed by atoms with van der Waals surface area (Å²) in [5.74, 6) is 0.402. The Labute approximate surface area is 188 Å². The van der Waals surface area contributed by atoms with Crippen molar-refractivity contribution in [3.63, 3.8) is 0 Å². The van der Waals surface area contributed by atoms with Gasteiger partial charge in [0.05, 0.1) is 32.1 Å². The molecule has 0 saturated carbocycles. The molecule has 0 saturated heterocycles. The molecular weight excluding hydrogens is 424 g/mol. The van der Waals surface area contributed by atoms with Gasteiger partial charge in [0.2, 0.25) is 5.69 Å². The highest BCUT2D eigenvalue weighted by Crippen LogP contribution is 2.13. The number of carbonyl (C=O) groups is 1. The van der Waals surface area contributed by atoms with E-state index in [1.54, 1.807) is 36.4 Å². The summed E-state index contributed by atoms with van der Waals surface area (Å²) in [6.07, 6.45) is 1.48. The smallest absolute Gasteiger partial charge is 0.352 e. The fraction of sp³-hybridized carbons (Fsp3) is 0.167. The highest BCUT2D eigenvalue weighted by atomic mass is 16.5. The predicted octanol–water partition coefficient (Wildman–Crippen LogP) is 2.28. The fourth-order valence-corrected chi connectivity index (χ4v) is 3.23. The van der Waals surface area contributed by atoms with E-state index in [0.29, 0.717) is 17.2 Å². The molecule has 0 atom stereocenters. The number of nitrogens with zero attached hydrogens (tertiary/aromatic N) is 3. The average molecular weight is 446 g/mol. The molecule has 9 nitrogen and oxygen atoms in total. The van der Waals surface area contributed by atoms with Crippen LogP contribution in [0.25, 0.3) is 5.69 Å². The van der Waals surface area contributed by atoms with E-state index in [0.717, 1.165) is 20.4 Å². The fourth-order valence-electron chi connectivity index (χ4n) is 3.23. The molecule has 0 spiro atoms. The maximum absolute atomic E-state index is 13.2. The Balaban J connectivity index is 1.78. The Morgan fingerprint density at radius 3 is 2.42 bits per heavy atom. The van der Waals surface area contributed by atoms with E-state index in [1.165, 1.54) is 13.4 Å². The zero-order valence-corrected chi connectivity index (χ0v) is 18.1. The van der Waals surface area contributed by atoms with Crippen LogP contribution >= 0.6 is 0 Å². The van der Waals surface area contributed by atoms with E-state index >= 15 is 0 Å². The molecule has 0 unspecified atom stereocenters. The molecular formula is C24H22N4O5. The monoisotopic (exact) mass is 446 g/mol. The van der Waals surface area contributed by atoms with Gasteiger partial charge in [0.1, 0.15) is 11.5 Å². The van der Waals surface area contributed by atoms with E-state index in [-0.39, 0.29) is 13.1 Å². The first kappa shape index (κ1) is 21.8. The molecule has 4 rings (SSSR count). The number of nitrogens with one attached hydrogen (secondary N) is 1. The topological polar surface area (TPSA) is 108 Å². The van der Waals surface area contributed by atoms with Crippen LogP contribution in [0.5, 0.6) is 5.75 Å². The predicted molar refractivity (Wildman–Crippen MR) is 121 cm³/mol. The number of ether oxygens (including phenoxy) is 1. The van der Waals surface area contributed by atoms with Gasteiger partial charge in [-0.3, -0.25) is 14.2 Å². The van der Waals surface area contributed by atoms with Gasteiger partial charge in [-0.15, -0.1) is 0 Å². The molecule has 2 heterocycles. The molecule has 0 aliphatic heterocycles. The van der Waals surface area contributed by atoms with Gasteiger partial charge in [0.15, 0.2) is 0 Å². The lowest BCUT2D eigenvalue weighted by Crippen LogP contribution is -2.46. The van der Waals surface area contributed by atoms with Crippen LogP contribution in [-0.2, 0) is 13.1 Å². The number of hydrogen-bond acceptors (Lipinski definition) is 6. The number of carbonyl (C=O) groups excluding carboxylic acids is 1. The SMILES string of the molecule is COc1ccc(-n2nc(C(=O)NCc3ccco3)c(=O)n(Cc3ccc(C)cc3)c2=O)cc1. The first-order valence-electron chi connectivity index (χ1n) is 10.2. The first-order valence-corrected chi connectivity index (χ1v) is 10.2. The number of benzene rings is 2. The van der Waals surface area contributed by atoms with Crippen LogP contribution in [-0.4, -0.2) is 27.4 Å². The maximum atomic E-state index is 13.2. The zero-order valence-electron chi connectivity index (χ0n) is 18.1. The molecule has 168 valence electrons. The molecule has 2 aromatic carbocycles. The summed E-state index contributed by atoms with van der Waals surface area (Å²) in [5.41, 5.74) is 0.349. The van der Waals surface area contributed by atoms with E-state index in [4.69, 9.17) is 9.15 Å². The van der Waals surface area contributed by atoms with Gasteiger partial charge in [-0.2, -0.15) is 9.78 Å². The standard InChI is InChI=1S/C24H22N4O5/c1-16-5-7-17(8-6-16)15-27-23(30)21(22(29)25-14-20-4-3-13-33-20)26-28(24(27)31)18-9-11-19(32-2)12-10-18/h3-13H,14-15H2,1-2H3,(H,25,29). The summed E-state index contributed by atoms with van der Waals surface area (Å²) >= 11 is 0. The Morgan fingerprint density at radius 1 is 1.06 bits per heavy atom. The number of hydrogen-bond donors (Lipinski definition) is 1. The molecule has 0 fully saturated rings. The summed E-state index contributed by atoms with van der Waals surface area (Å²) in [4.78, 5) is 39.2. The van der Waals surface area contributed by atoms with Crippen molar-refractivity contribution in [3.8, 4) is 11.4 Å². The van der Waals surface area contributed by atoms with E-state index < -0.39 is 22.9 Å². The number of aryl methyl sites for hydroxylation is 1. The first-order chi connectivity index (χ1) is 16.0. The van der Waals surface area contributed by atoms with Gasteiger partial charge in [-0.1, -0.05) is 29.8 Å². The minimum absolute atomic E-state index is 0.00488.